The number of nitrogens with one attached hydrogen (secondary N) is 1. The van der Waals surface area contributed by atoms with E-state index in [1.807, 2.05) is 49.4 Å². The van der Waals surface area contributed by atoms with E-state index in [9.17, 15) is 4.79 Å². The lowest BCUT2D eigenvalue weighted by Gasteiger charge is -2.19. The van der Waals surface area contributed by atoms with E-state index >= 15 is 0 Å². The molecule has 0 aliphatic carbocycles. The molecule has 1 N–H and O–H groups in total. The first-order valence-electron chi connectivity index (χ1n) is 8.48. The van der Waals surface area contributed by atoms with Gasteiger partial charge < -0.3 is 19.5 Å². The normalized spacial score (nSPS) is 13.8. The van der Waals surface area contributed by atoms with E-state index in [2.05, 4.69) is 5.32 Å². The number of amides is 1. The van der Waals surface area contributed by atoms with Crippen molar-refractivity contribution in [2.45, 2.75) is 25.8 Å². The van der Waals surface area contributed by atoms with Gasteiger partial charge >= 0.3 is 0 Å². The number of fused-ring (bicyclic) bond motifs is 1. The molecule has 0 radical (unpaired) electrons. The van der Waals surface area contributed by atoms with Crippen LogP contribution in [0, 0.1) is 0 Å². The van der Waals surface area contributed by atoms with E-state index < -0.39 is 0 Å². The van der Waals surface area contributed by atoms with E-state index in [1.54, 1.807) is 7.11 Å². The summed E-state index contributed by atoms with van der Waals surface area (Å²) in [7, 11) is 1.63. The fraction of sp³-hybridized carbons (Fsp3) is 0.350. The van der Waals surface area contributed by atoms with Crippen LogP contribution in [-0.2, 0) is 11.2 Å². The lowest BCUT2D eigenvalue weighted by molar-refractivity contribution is -0.121. The summed E-state index contributed by atoms with van der Waals surface area (Å²) in [6, 6.07) is 13.4. The third kappa shape index (κ3) is 4.24. The molecule has 5 heteroatoms. The highest BCUT2D eigenvalue weighted by Gasteiger charge is 2.15. The van der Waals surface area contributed by atoms with Gasteiger partial charge in [0.2, 0.25) is 5.91 Å². The topological polar surface area (TPSA) is 56.8 Å². The molecule has 0 fully saturated rings. The lowest BCUT2D eigenvalue weighted by Crippen LogP contribution is -2.27. The molecule has 25 heavy (non-hydrogen) atoms. The zero-order valence-electron chi connectivity index (χ0n) is 14.6. The lowest BCUT2D eigenvalue weighted by atomic mass is 10.1. The molecule has 2 aromatic carbocycles. The molecular weight excluding hydrogens is 318 g/mol. The highest BCUT2D eigenvalue weighted by Crippen LogP contribution is 2.31. The van der Waals surface area contributed by atoms with Gasteiger partial charge in [0.15, 0.2) is 11.5 Å². The van der Waals surface area contributed by atoms with Crippen molar-refractivity contribution in [3.8, 4) is 17.2 Å². The SMILES string of the molecule is COc1ccccc1[C@@H](C)NC(=O)CCc1ccc2c(c1)OCCO2. The van der Waals surface area contributed by atoms with E-state index in [-0.39, 0.29) is 11.9 Å². The van der Waals surface area contributed by atoms with E-state index in [4.69, 9.17) is 14.2 Å². The highest BCUT2D eigenvalue weighted by molar-refractivity contribution is 5.76. The molecule has 0 aromatic heterocycles. The summed E-state index contributed by atoms with van der Waals surface area (Å²) in [6.07, 6.45) is 1.07. The number of hydrogen-bond acceptors (Lipinski definition) is 4. The molecule has 0 unspecified atom stereocenters. The van der Waals surface area contributed by atoms with Crippen LogP contribution >= 0.6 is 0 Å². The molecule has 5 nitrogen and oxygen atoms in total. The van der Waals surface area contributed by atoms with Gasteiger partial charge in [0, 0.05) is 12.0 Å². The van der Waals surface area contributed by atoms with Crippen LogP contribution in [-0.4, -0.2) is 26.2 Å². The van der Waals surface area contributed by atoms with Gasteiger partial charge in [-0.05, 0) is 37.1 Å². The Labute approximate surface area is 147 Å². The Bertz CT molecular complexity index is 744. The van der Waals surface area contributed by atoms with Gasteiger partial charge in [-0.3, -0.25) is 4.79 Å². The summed E-state index contributed by atoms with van der Waals surface area (Å²) in [5.41, 5.74) is 2.03. The Kier molecular flexibility index (Phi) is 5.43. The summed E-state index contributed by atoms with van der Waals surface area (Å²) in [5, 5.41) is 3.03. The Morgan fingerprint density at radius 1 is 1.16 bits per heavy atom. The maximum absolute atomic E-state index is 12.3. The molecule has 1 heterocycles. The zero-order valence-corrected chi connectivity index (χ0v) is 14.6. The molecule has 132 valence electrons. The summed E-state index contributed by atoms with van der Waals surface area (Å²) in [4.78, 5) is 12.3. The van der Waals surface area contributed by atoms with Gasteiger partial charge in [-0.2, -0.15) is 0 Å². The van der Waals surface area contributed by atoms with Crippen LogP contribution in [0.25, 0.3) is 0 Å². The van der Waals surface area contributed by atoms with Crippen molar-refractivity contribution in [2.75, 3.05) is 20.3 Å². The fourth-order valence-electron chi connectivity index (χ4n) is 2.92. The standard InChI is InChI=1S/C20H23NO4/c1-14(16-5-3-4-6-17(16)23-2)21-20(22)10-8-15-7-9-18-19(13-15)25-12-11-24-18/h3-7,9,13-14H,8,10-12H2,1-2H3,(H,21,22)/t14-/m1/s1. The quantitative estimate of drug-likeness (QED) is 0.876. The monoisotopic (exact) mass is 341 g/mol. The van der Waals surface area contributed by atoms with Crippen LogP contribution in [0.2, 0.25) is 0 Å². The summed E-state index contributed by atoms with van der Waals surface area (Å²) >= 11 is 0. The Hall–Kier alpha value is -2.69. The number of para-hydroxylation sites is 1. The predicted octanol–water partition coefficient (Wildman–Crippen LogP) is 3.28. The number of hydrogen-bond donors (Lipinski definition) is 1. The van der Waals surface area contributed by atoms with Crippen molar-refractivity contribution in [2.24, 2.45) is 0 Å². The second kappa shape index (κ2) is 7.92. The average molecular weight is 341 g/mol. The maximum atomic E-state index is 12.3. The predicted molar refractivity (Wildman–Crippen MR) is 95.3 cm³/mol. The molecule has 0 spiro atoms. The van der Waals surface area contributed by atoms with Crippen molar-refractivity contribution < 1.29 is 19.0 Å². The second-order valence-electron chi connectivity index (χ2n) is 6.01. The van der Waals surface area contributed by atoms with Gasteiger partial charge in [0.25, 0.3) is 0 Å². The number of carbonyl (C=O) groups excluding carboxylic acids is 1. The third-order valence-corrected chi connectivity index (χ3v) is 4.23. The molecule has 3 rings (SSSR count). The third-order valence-electron chi connectivity index (χ3n) is 4.23. The molecule has 1 amide bonds. The molecular formula is C20H23NO4. The van der Waals surface area contributed by atoms with Crippen molar-refractivity contribution in [1.29, 1.82) is 0 Å². The average Bonchev–Trinajstić information content (AvgIpc) is 2.66. The van der Waals surface area contributed by atoms with Crippen LogP contribution in [0.3, 0.4) is 0 Å². The first-order chi connectivity index (χ1) is 12.2. The molecule has 2 aromatic rings. The van der Waals surface area contributed by atoms with Gasteiger partial charge in [0.1, 0.15) is 19.0 Å². The van der Waals surface area contributed by atoms with E-state index in [0.29, 0.717) is 26.1 Å². The van der Waals surface area contributed by atoms with Crippen LogP contribution < -0.4 is 19.5 Å². The number of aryl methyl sites for hydroxylation is 1. The van der Waals surface area contributed by atoms with Crippen LogP contribution in [0.5, 0.6) is 17.2 Å². The number of carbonyl (C=O) groups is 1. The number of methoxy groups -OCH3 is 1. The Balaban J connectivity index is 1.56. The summed E-state index contributed by atoms with van der Waals surface area (Å²) < 4.78 is 16.4. The first kappa shape index (κ1) is 17.1. The van der Waals surface area contributed by atoms with Crippen LogP contribution in [0.1, 0.15) is 30.5 Å². The van der Waals surface area contributed by atoms with Gasteiger partial charge in [-0.1, -0.05) is 24.3 Å². The van der Waals surface area contributed by atoms with Gasteiger partial charge in [0.05, 0.1) is 13.2 Å². The van der Waals surface area contributed by atoms with Crippen molar-refractivity contribution in [3.63, 3.8) is 0 Å². The summed E-state index contributed by atoms with van der Waals surface area (Å²) in [5.74, 6) is 2.31. The smallest absolute Gasteiger partial charge is 0.220 e. The molecule has 1 aliphatic heterocycles. The van der Waals surface area contributed by atoms with Crippen LogP contribution in [0.4, 0.5) is 0 Å². The molecule has 0 saturated heterocycles. The summed E-state index contributed by atoms with van der Waals surface area (Å²) in [6.45, 7) is 3.10. The van der Waals surface area contributed by atoms with E-state index in [0.717, 1.165) is 28.4 Å². The first-order valence-corrected chi connectivity index (χ1v) is 8.48. The van der Waals surface area contributed by atoms with Crippen LogP contribution in [0.15, 0.2) is 42.5 Å². The molecule has 0 bridgehead atoms. The minimum Gasteiger partial charge on any atom is -0.496 e. The van der Waals surface area contributed by atoms with Crippen molar-refractivity contribution >= 4 is 5.91 Å². The minimum atomic E-state index is -0.107. The van der Waals surface area contributed by atoms with E-state index in [1.165, 1.54) is 0 Å². The second-order valence-corrected chi connectivity index (χ2v) is 6.01. The maximum Gasteiger partial charge on any atom is 0.220 e. The van der Waals surface area contributed by atoms with Gasteiger partial charge in [-0.15, -0.1) is 0 Å². The fourth-order valence-corrected chi connectivity index (χ4v) is 2.92. The number of benzene rings is 2. The number of ether oxygens (including phenoxy) is 3. The molecule has 0 saturated carbocycles. The highest BCUT2D eigenvalue weighted by atomic mass is 16.6. The van der Waals surface area contributed by atoms with Crippen molar-refractivity contribution in [1.82, 2.24) is 5.32 Å². The Morgan fingerprint density at radius 2 is 1.92 bits per heavy atom. The molecule has 1 atom stereocenters. The largest absolute Gasteiger partial charge is 0.496 e. The van der Waals surface area contributed by atoms with Crippen molar-refractivity contribution in [3.05, 3.63) is 53.6 Å². The minimum absolute atomic E-state index is 0.00768. The van der Waals surface area contributed by atoms with Gasteiger partial charge in [-0.25, -0.2) is 0 Å². The Morgan fingerprint density at radius 3 is 2.72 bits per heavy atom. The zero-order chi connectivity index (χ0) is 17.6. The molecule has 1 aliphatic rings. The number of rotatable bonds is 6.